The van der Waals surface area contributed by atoms with Crippen molar-refractivity contribution >= 4 is 29.2 Å². The highest BCUT2D eigenvalue weighted by atomic mass is 35.5. The van der Waals surface area contributed by atoms with E-state index in [9.17, 15) is 4.79 Å². The minimum atomic E-state index is -0.210. The van der Waals surface area contributed by atoms with Crippen molar-refractivity contribution in [1.29, 1.82) is 0 Å². The normalized spacial score (nSPS) is 15.8. The average Bonchev–Trinajstić information content (AvgIpc) is 3.16. The van der Waals surface area contributed by atoms with E-state index in [0.717, 1.165) is 18.4 Å². The van der Waals surface area contributed by atoms with Gasteiger partial charge in [0.1, 0.15) is 0 Å². The molecule has 0 saturated heterocycles. The number of halogens is 2. The highest BCUT2D eigenvalue weighted by molar-refractivity contribution is 6.34. The molecule has 6 heteroatoms. The molecule has 1 saturated carbocycles. The van der Waals surface area contributed by atoms with Crippen molar-refractivity contribution in [2.24, 2.45) is 5.41 Å². The molecule has 0 spiro atoms. The number of carbonyl (C=O) groups is 1. The van der Waals surface area contributed by atoms with E-state index in [-0.39, 0.29) is 18.1 Å². The zero-order valence-corrected chi connectivity index (χ0v) is 12.6. The third-order valence-corrected chi connectivity index (χ3v) is 3.97. The summed E-state index contributed by atoms with van der Waals surface area (Å²) in [6.45, 7) is 1.17. The minimum Gasteiger partial charge on any atom is -0.396 e. The number of hydrogen-bond donors (Lipinski definition) is 3. The molecule has 1 aliphatic rings. The summed E-state index contributed by atoms with van der Waals surface area (Å²) in [6.07, 6.45) is 2.62. The third-order valence-electron chi connectivity index (χ3n) is 3.54. The SMILES string of the molecule is O=C(NCCc1cc(Cl)cc(Cl)c1)NCC1(CO)CC1. The fraction of sp³-hybridized carbons (Fsp3) is 0.500. The van der Waals surface area contributed by atoms with Gasteiger partial charge in [0.25, 0.3) is 0 Å². The standard InChI is InChI=1S/C14H18Cl2N2O2/c15-11-5-10(6-12(16)7-11)1-4-17-13(20)18-8-14(9-19)2-3-14/h5-7,19H,1-4,8-9H2,(H2,17,18,20). The van der Waals surface area contributed by atoms with Crippen molar-refractivity contribution in [2.75, 3.05) is 19.7 Å². The van der Waals surface area contributed by atoms with Crippen molar-refractivity contribution in [1.82, 2.24) is 10.6 Å². The molecule has 0 radical (unpaired) electrons. The van der Waals surface area contributed by atoms with Crippen LogP contribution in [0.3, 0.4) is 0 Å². The second-order valence-corrected chi connectivity index (χ2v) is 6.17. The molecule has 2 rings (SSSR count). The quantitative estimate of drug-likeness (QED) is 0.755. The number of urea groups is 1. The zero-order chi connectivity index (χ0) is 14.6. The van der Waals surface area contributed by atoms with E-state index in [1.165, 1.54) is 0 Å². The minimum absolute atomic E-state index is 0.0716. The Labute approximate surface area is 128 Å². The summed E-state index contributed by atoms with van der Waals surface area (Å²) in [6, 6.07) is 5.13. The largest absolute Gasteiger partial charge is 0.396 e. The van der Waals surface area contributed by atoms with Crippen molar-refractivity contribution in [2.45, 2.75) is 19.3 Å². The van der Waals surface area contributed by atoms with Gasteiger partial charge in [0.05, 0.1) is 6.61 Å². The predicted octanol–water partition coefficient (Wildman–Crippen LogP) is 2.61. The van der Waals surface area contributed by atoms with Gasteiger partial charge in [-0.25, -0.2) is 4.79 Å². The Morgan fingerprint density at radius 2 is 1.85 bits per heavy atom. The number of nitrogens with one attached hydrogen (secondary N) is 2. The summed E-state index contributed by atoms with van der Waals surface area (Å²) >= 11 is 11.8. The average molecular weight is 317 g/mol. The van der Waals surface area contributed by atoms with Crippen LogP contribution in [0.5, 0.6) is 0 Å². The van der Waals surface area contributed by atoms with Gasteiger partial charge < -0.3 is 15.7 Å². The molecule has 3 N–H and O–H groups in total. The number of carbonyl (C=O) groups excluding carboxylic acids is 1. The van der Waals surface area contributed by atoms with Gasteiger partial charge in [-0.05, 0) is 43.0 Å². The lowest BCUT2D eigenvalue weighted by atomic mass is 10.1. The summed E-state index contributed by atoms with van der Waals surface area (Å²) < 4.78 is 0. The van der Waals surface area contributed by atoms with E-state index in [1.807, 2.05) is 12.1 Å². The molecule has 20 heavy (non-hydrogen) atoms. The Morgan fingerprint density at radius 1 is 1.20 bits per heavy atom. The maximum absolute atomic E-state index is 11.6. The predicted molar refractivity (Wildman–Crippen MR) is 80.3 cm³/mol. The Morgan fingerprint density at radius 3 is 2.40 bits per heavy atom. The first kappa shape index (κ1) is 15.4. The molecular formula is C14H18Cl2N2O2. The first-order chi connectivity index (χ1) is 9.53. The fourth-order valence-corrected chi connectivity index (χ4v) is 2.54. The van der Waals surface area contributed by atoms with Crippen LogP contribution in [0.2, 0.25) is 10.0 Å². The van der Waals surface area contributed by atoms with Crippen molar-refractivity contribution in [3.8, 4) is 0 Å². The van der Waals surface area contributed by atoms with Gasteiger partial charge >= 0.3 is 6.03 Å². The van der Waals surface area contributed by atoms with E-state index < -0.39 is 0 Å². The van der Waals surface area contributed by atoms with Gasteiger partial charge in [0.15, 0.2) is 0 Å². The number of benzene rings is 1. The molecule has 0 bridgehead atoms. The van der Waals surface area contributed by atoms with Crippen molar-refractivity contribution in [3.05, 3.63) is 33.8 Å². The molecule has 110 valence electrons. The lowest BCUT2D eigenvalue weighted by Gasteiger charge is -2.13. The molecule has 1 aromatic rings. The number of hydrogen-bond acceptors (Lipinski definition) is 2. The van der Waals surface area contributed by atoms with Crippen LogP contribution < -0.4 is 10.6 Å². The summed E-state index contributed by atoms with van der Waals surface area (Å²) in [7, 11) is 0. The van der Waals surface area contributed by atoms with Crippen LogP contribution in [-0.2, 0) is 6.42 Å². The number of rotatable bonds is 6. The maximum Gasteiger partial charge on any atom is 0.314 e. The summed E-state index contributed by atoms with van der Waals surface area (Å²) in [5.41, 5.74) is 0.912. The van der Waals surface area contributed by atoms with Crippen LogP contribution in [0.1, 0.15) is 18.4 Å². The fourth-order valence-electron chi connectivity index (χ4n) is 1.97. The zero-order valence-electron chi connectivity index (χ0n) is 11.1. The molecular weight excluding hydrogens is 299 g/mol. The molecule has 0 unspecified atom stereocenters. The number of amides is 2. The van der Waals surface area contributed by atoms with E-state index >= 15 is 0 Å². The molecule has 0 heterocycles. The highest BCUT2D eigenvalue weighted by Crippen LogP contribution is 2.44. The Bertz CT molecular complexity index is 470. The third kappa shape index (κ3) is 4.54. The molecule has 1 aliphatic carbocycles. The molecule has 1 aromatic carbocycles. The van der Waals surface area contributed by atoms with Crippen LogP contribution in [0.4, 0.5) is 4.79 Å². The second kappa shape index (κ2) is 6.66. The van der Waals surface area contributed by atoms with E-state index in [0.29, 0.717) is 29.6 Å². The molecule has 0 atom stereocenters. The van der Waals surface area contributed by atoms with E-state index in [2.05, 4.69) is 10.6 Å². The van der Waals surface area contributed by atoms with Gasteiger partial charge in [-0.3, -0.25) is 0 Å². The Kier molecular flexibility index (Phi) is 5.13. The Hall–Kier alpha value is -0.970. The van der Waals surface area contributed by atoms with Crippen LogP contribution in [0.25, 0.3) is 0 Å². The van der Waals surface area contributed by atoms with Gasteiger partial charge in [0, 0.05) is 28.5 Å². The number of aliphatic hydroxyl groups excluding tert-OH is 1. The van der Waals surface area contributed by atoms with Crippen LogP contribution in [-0.4, -0.2) is 30.8 Å². The lowest BCUT2D eigenvalue weighted by molar-refractivity contribution is 0.203. The first-order valence-corrected chi connectivity index (χ1v) is 7.36. The molecule has 4 nitrogen and oxygen atoms in total. The molecule has 1 fully saturated rings. The summed E-state index contributed by atoms with van der Waals surface area (Å²) in [4.78, 5) is 11.6. The summed E-state index contributed by atoms with van der Waals surface area (Å²) in [5, 5.41) is 15.9. The highest BCUT2D eigenvalue weighted by Gasteiger charge is 2.41. The van der Waals surface area contributed by atoms with Crippen molar-refractivity contribution < 1.29 is 9.90 Å². The summed E-state index contributed by atoms with van der Waals surface area (Å²) in [5.74, 6) is 0. The monoisotopic (exact) mass is 316 g/mol. The van der Waals surface area contributed by atoms with Crippen LogP contribution >= 0.6 is 23.2 Å². The van der Waals surface area contributed by atoms with Crippen LogP contribution in [0.15, 0.2) is 18.2 Å². The van der Waals surface area contributed by atoms with E-state index in [1.54, 1.807) is 6.07 Å². The maximum atomic E-state index is 11.6. The lowest BCUT2D eigenvalue weighted by Crippen LogP contribution is -2.40. The number of aliphatic hydroxyl groups is 1. The van der Waals surface area contributed by atoms with Gasteiger partial charge in [-0.1, -0.05) is 23.2 Å². The van der Waals surface area contributed by atoms with Gasteiger partial charge in [0.2, 0.25) is 0 Å². The van der Waals surface area contributed by atoms with Gasteiger partial charge in [-0.2, -0.15) is 0 Å². The van der Waals surface area contributed by atoms with Gasteiger partial charge in [-0.15, -0.1) is 0 Å². The molecule has 2 amide bonds. The molecule has 0 aromatic heterocycles. The topological polar surface area (TPSA) is 61.4 Å². The Balaban J connectivity index is 1.68. The first-order valence-electron chi connectivity index (χ1n) is 6.61. The second-order valence-electron chi connectivity index (χ2n) is 5.30. The van der Waals surface area contributed by atoms with E-state index in [4.69, 9.17) is 28.3 Å². The smallest absolute Gasteiger partial charge is 0.314 e. The molecule has 0 aliphatic heterocycles. The van der Waals surface area contributed by atoms with Crippen LogP contribution in [0, 0.1) is 5.41 Å². The van der Waals surface area contributed by atoms with Crippen molar-refractivity contribution in [3.63, 3.8) is 0 Å².